The molecule has 0 bridgehead atoms. The largest absolute Gasteiger partial charge is 0.358 e. The zero-order chi connectivity index (χ0) is 11.8. The van der Waals surface area contributed by atoms with Crippen molar-refractivity contribution < 1.29 is 0 Å². The van der Waals surface area contributed by atoms with Gasteiger partial charge in [0.25, 0.3) is 0 Å². The Labute approximate surface area is 101 Å². The minimum absolute atomic E-state index is 0.0913. The van der Waals surface area contributed by atoms with Crippen molar-refractivity contribution in [2.24, 2.45) is 5.73 Å². The summed E-state index contributed by atoms with van der Waals surface area (Å²) in [5, 5.41) is 4.77. The van der Waals surface area contributed by atoms with E-state index in [0.29, 0.717) is 6.04 Å². The molecule has 0 amide bonds. The number of rotatable bonds is 2. The molecule has 3 heteroatoms. The Morgan fingerprint density at radius 3 is 2.94 bits per heavy atom. The van der Waals surface area contributed by atoms with Gasteiger partial charge < -0.3 is 16.0 Å². The van der Waals surface area contributed by atoms with Crippen LogP contribution in [0.25, 0.3) is 10.9 Å². The van der Waals surface area contributed by atoms with Gasteiger partial charge in [0.15, 0.2) is 0 Å². The zero-order valence-electron chi connectivity index (χ0n) is 10.2. The standard InChI is InChI=1S/C14H19N3/c1-9-13(14(15)12-7-4-8-16-12)10-5-2-3-6-11(10)17-9/h2-3,5-6,12,14,16-17H,4,7-8,15H2,1H3. The zero-order valence-corrected chi connectivity index (χ0v) is 10.2. The van der Waals surface area contributed by atoms with Crippen LogP contribution >= 0.6 is 0 Å². The molecule has 3 rings (SSSR count). The highest BCUT2D eigenvalue weighted by molar-refractivity contribution is 5.85. The summed E-state index contributed by atoms with van der Waals surface area (Å²) >= 11 is 0. The number of fused-ring (bicyclic) bond motifs is 1. The molecule has 17 heavy (non-hydrogen) atoms. The quantitative estimate of drug-likeness (QED) is 0.739. The van der Waals surface area contributed by atoms with E-state index in [-0.39, 0.29) is 6.04 Å². The van der Waals surface area contributed by atoms with Gasteiger partial charge in [-0.15, -0.1) is 0 Å². The van der Waals surface area contributed by atoms with Crippen LogP contribution < -0.4 is 11.1 Å². The molecule has 2 unspecified atom stereocenters. The van der Waals surface area contributed by atoms with E-state index in [2.05, 4.69) is 41.5 Å². The average molecular weight is 229 g/mol. The average Bonchev–Trinajstić information content (AvgIpc) is 2.94. The normalized spacial score (nSPS) is 22.1. The van der Waals surface area contributed by atoms with E-state index in [4.69, 9.17) is 5.73 Å². The number of para-hydroxylation sites is 1. The van der Waals surface area contributed by atoms with Crippen LogP contribution in [0, 0.1) is 6.92 Å². The lowest BCUT2D eigenvalue weighted by Crippen LogP contribution is -2.34. The summed E-state index contributed by atoms with van der Waals surface area (Å²) in [4.78, 5) is 3.42. The van der Waals surface area contributed by atoms with E-state index >= 15 is 0 Å². The third-order valence-electron chi connectivity index (χ3n) is 3.81. The van der Waals surface area contributed by atoms with Gasteiger partial charge in [-0.1, -0.05) is 18.2 Å². The number of nitrogens with one attached hydrogen (secondary N) is 2. The fourth-order valence-corrected chi connectivity index (χ4v) is 2.95. The Morgan fingerprint density at radius 1 is 1.35 bits per heavy atom. The summed E-state index contributed by atoms with van der Waals surface area (Å²) in [6, 6.07) is 8.92. The molecule has 0 aliphatic carbocycles. The number of nitrogens with two attached hydrogens (primary N) is 1. The summed E-state index contributed by atoms with van der Waals surface area (Å²) in [6.07, 6.45) is 2.42. The number of H-pyrrole nitrogens is 1. The van der Waals surface area contributed by atoms with E-state index in [9.17, 15) is 0 Å². The number of hydrogen-bond acceptors (Lipinski definition) is 2. The third kappa shape index (κ3) is 1.75. The molecule has 4 N–H and O–H groups in total. The van der Waals surface area contributed by atoms with Crippen molar-refractivity contribution >= 4 is 10.9 Å². The summed E-state index contributed by atoms with van der Waals surface area (Å²) in [6.45, 7) is 3.21. The van der Waals surface area contributed by atoms with Crippen LogP contribution in [0.1, 0.15) is 30.1 Å². The molecule has 2 aromatic rings. The van der Waals surface area contributed by atoms with Crippen molar-refractivity contribution in [2.45, 2.75) is 31.8 Å². The molecule has 90 valence electrons. The van der Waals surface area contributed by atoms with Gasteiger partial charge in [-0.3, -0.25) is 0 Å². The number of benzene rings is 1. The van der Waals surface area contributed by atoms with E-state index in [1.54, 1.807) is 0 Å². The lowest BCUT2D eigenvalue weighted by Gasteiger charge is -2.20. The number of aromatic nitrogens is 1. The number of aryl methyl sites for hydroxylation is 1. The van der Waals surface area contributed by atoms with Crippen LogP contribution in [-0.4, -0.2) is 17.6 Å². The Balaban J connectivity index is 2.06. The molecule has 0 radical (unpaired) electrons. The first-order valence-corrected chi connectivity index (χ1v) is 6.33. The molecule has 1 aromatic heterocycles. The highest BCUT2D eigenvalue weighted by Crippen LogP contribution is 2.30. The number of aromatic amines is 1. The van der Waals surface area contributed by atoms with Gasteiger partial charge in [0.05, 0.1) is 0 Å². The van der Waals surface area contributed by atoms with Crippen LogP contribution in [0.3, 0.4) is 0 Å². The van der Waals surface area contributed by atoms with Gasteiger partial charge in [0, 0.05) is 28.7 Å². The van der Waals surface area contributed by atoms with Crippen molar-refractivity contribution in [2.75, 3.05) is 6.54 Å². The summed E-state index contributed by atoms with van der Waals surface area (Å²) in [5.41, 5.74) is 10.1. The molecular weight excluding hydrogens is 210 g/mol. The monoisotopic (exact) mass is 229 g/mol. The molecule has 2 heterocycles. The predicted molar refractivity (Wildman–Crippen MR) is 71.0 cm³/mol. The molecule has 1 saturated heterocycles. The number of hydrogen-bond donors (Lipinski definition) is 3. The van der Waals surface area contributed by atoms with Crippen molar-refractivity contribution in [1.82, 2.24) is 10.3 Å². The second-order valence-corrected chi connectivity index (χ2v) is 4.94. The highest BCUT2D eigenvalue weighted by Gasteiger charge is 2.26. The molecule has 0 saturated carbocycles. The molecule has 1 aliphatic rings. The predicted octanol–water partition coefficient (Wildman–Crippen LogP) is 2.23. The first-order valence-electron chi connectivity index (χ1n) is 6.33. The highest BCUT2D eigenvalue weighted by atomic mass is 15.0. The van der Waals surface area contributed by atoms with Crippen molar-refractivity contribution in [3.05, 3.63) is 35.5 Å². The van der Waals surface area contributed by atoms with Gasteiger partial charge in [0.1, 0.15) is 0 Å². The smallest absolute Gasteiger partial charge is 0.0474 e. The maximum Gasteiger partial charge on any atom is 0.0474 e. The fourth-order valence-electron chi connectivity index (χ4n) is 2.95. The maximum atomic E-state index is 6.43. The second kappa shape index (κ2) is 4.17. The molecule has 2 atom stereocenters. The summed E-state index contributed by atoms with van der Waals surface area (Å²) in [7, 11) is 0. The lowest BCUT2D eigenvalue weighted by atomic mass is 9.96. The van der Waals surface area contributed by atoms with E-state index < -0.39 is 0 Å². The lowest BCUT2D eigenvalue weighted by molar-refractivity contribution is 0.501. The Hall–Kier alpha value is -1.32. The summed E-state index contributed by atoms with van der Waals surface area (Å²) < 4.78 is 0. The Bertz CT molecular complexity index is 523. The molecule has 1 aromatic carbocycles. The topological polar surface area (TPSA) is 53.8 Å². The first kappa shape index (κ1) is 10.8. The van der Waals surface area contributed by atoms with Crippen LogP contribution in [0.15, 0.2) is 24.3 Å². The Kier molecular flexibility index (Phi) is 2.65. The SMILES string of the molecule is Cc1[nH]c2ccccc2c1C(N)C1CCCN1. The molecule has 0 spiro atoms. The Morgan fingerprint density at radius 2 is 2.18 bits per heavy atom. The van der Waals surface area contributed by atoms with Gasteiger partial charge in [0.2, 0.25) is 0 Å². The van der Waals surface area contributed by atoms with E-state index in [0.717, 1.165) is 6.54 Å². The van der Waals surface area contributed by atoms with E-state index in [1.165, 1.54) is 35.0 Å². The van der Waals surface area contributed by atoms with Gasteiger partial charge in [-0.25, -0.2) is 0 Å². The molecule has 1 fully saturated rings. The minimum Gasteiger partial charge on any atom is -0.358 e. The maximum absolute atomic E-state index is 6.43. The third-order valence-corrected chi connectivity index (χ3v) is 3.81. The minimum atomic E-state index is 0.0913. The fraction of sp³-hybridized carbons (Fsp3) is 0.429. The van der Waals surface area contributed by atoms with Gasteiger partial charge in [-0.2, -0.15) is 0 Å². The van der Waals surface area contributed by atoms with Crippen LogP contribution in [0.2, 0.25) is 0 Å². The first-order chi connectivity index (χ1) is 8.27. The van der Waals surface area contributed by atoms with Crippen LogP contribution in [-0.2, 0) is 0 Å². The summed E-state index contributed by atoms with van der Waals surface area (Å²) in [5.74, 6) is 0. The molecule has 3 nitrogen and oxygen atoms in total. The van der Waals surface area contributed by atoms with Crippen LogP contribution in [0.4, 0.5) is 0 Å². The van der Waals surface area contributed by atoms with Crippen molar-refractivity contribution in [1.29, 1.82) is 0 Å². The van der Waals surface area contributed by atoms with Crippen molar-refractivity contribution in [3.8, 4) is 0 Å². The van der Waals surface area contributed by atoms with Gasteiger partial charge >= 0.3 is 0 Å². The molecular formula is C14H19N3. The van der Waals surface area contributed by atoms with E-state index in [1.807, 2.05) is 0 Å². The second-order valence-electron chi connectivity index (χ2n) is 4.94. The van der Waals surface area contributed by atoms with Crippen LogP contribution in [0.5, 0.6) is 0 Å². The van der Waals surface area contributed by atoms with Crippen molar-refractivity contribution in [3.63, 3.8) is 0 Å². The van der Waals surface area contributed by atoms with Gasteiger partial charge in [-0.05, 0) is 37.9 Å². The molecule has 1 aliphatic heterocycles.